The van der Waals surface area contributed by atoms with Gasteiger partial charge in [0.25, 0.3) is 0 Å². The second-order valence-corrected chi connectivity index (χ2v) is 11.1. The molecule has 2 N–H and O–H groups in total. The summed E-state index contributed by atoms with van der Waals surface area (Å²) in [7, 11) is -2.39. The van der Waals surface area contributed by atoms with Crippen LogP contribution in [0.5, 0.6) is 0 Å². The molecule has 0 radical (unpaired) electrons. The first-order valence-electron chi connectivity index (χ1n) is 10.6. The summed E-state index contributed by atoms with van der Waals surface area (Å²) in [5.74, 6) is -0.379. The monoisotopic (exact) mass is 453 g/mol. The maximum absolute atomic E-state index is 11.6. The van der Waals surface area contributed by atoms with Crippen molar-refractivity contribution in [3.05, 3.63) is 75.2 Å². The number of rotatable bonds is 5. The minimum atomic E-state index is -3.74. The molecular formula is C26H31NO4S. The summed E-state index contributed by atoms with van der Waals surface area (Å²) in [5, 5.41) is 6.25. The predicted molar refractivity (Wildman–Crippen MR) is 131 cm³/mol. The van der Waals surface area contributed by atoms with Gasteiger partial charge in [-0.3, -0.25) is 0 Å². The Morgan fingerprint density at radius 3 is 1.88 bits per heavy atom. The van der Waals surface area contributed by atoms with Crippen LogP contribution in [0.2, 0.25) is 0 Å². The average Bonchev–Trinajstić information content (AvgIpc) is 2.73. The van der Waals surface area contributed by atoms with E-state index in [1.54, 1.807) is 18.2 Å². The molecule has 1 aliphatic carbocycles. The minimum absolute atomic E-state index is 0.000986. The van der Waals surface area contributed by atoms with Crippen LogP contribution >= 0.6 is 0 Å². The van der Waals surface area contributed by atoms with Crippen LogP contribution in [0, 0.1) is 0 Å². The number of carbonyl (C=O) groups excluding carboxylic acids is 1. The van der Waals surface area contributed by atoms with Crippen molar-refractivity contribution in [3.63, 3.8) is 0 Å². The number of hydrogen-bond acceptors (Lipinski definition) is 4. The Balaban J connectivity index is 2.10. The molecular weight excluding hydrogens is 422 g/mol. The number of hydrogen-bond donors (Lipinski definition) is 1. The fourth-order valence-electron chi connectivity index (χ4n) is 4.14. The molecule has 0 heterocycles. The number of carbonyl (C=O) groups is 1. The zero-order valence-corrected chi connectivity index (χ0v) is 20.1. The molecule has 0 bridgehead atoms. The van der Waals surface area contributed by atoms with Crippen LogP contribution in [0.3, 0.4) is 0 Å². The molecule has 170 valence electrons. The van der Waals surface area contributed by atoms with Crippen molar-refractivity contribution >= 4 is 34.2 Å². The van der Waals surface area contributed by atoms with Crippen LogP contribution in [0.4, 0.5) is 0 Å². The molecule has 0 aromatic heterocycles. The Labute approximate surface area is 191 Å². The van der Waals surface area contributed by atoms with Gasteiger partial charge in [0.2, 0.25) is 10.0 Å². The SMILES string of the molecule is COC(=O)c1ccc(C=Cc2cc3c(cc2C=CS(N)(=O)=O)C(C)(C)CCC3(C)C)cc1. The van der Waals surface area contributed by atoms with E-state index < -0.39 is 10.0 Å². The third-order valence-electron chi connectivity index (χ3n) is 6.28. The maximum Gasteiger partial charge on any atom is 0.337 e. The summed E-state index contributed by atoms with van der Waals surface area (Å²) in [6, 6.07) is 11.4. The Morgan fingerprint density at radius 2 is 1.41 bits per heavy atom. The van der Waals surface area contributed by atoms with Crippen molar-refractivity contribution in [1.82, 2.24) is 0 Å². The summed E-state index contributed by atoms with van der Waals surface area (Å²) in [6.07, 6.45) is 7.61. The van der Waals surface area contributed by atoms with E-state index in [9.17, 15) is 13.2 Å². The summed E-state index contributed by atoms with van der Waals surface area (Å²) in [5.41, 5.74) is 5.65. The number of methoxy groups -OCH3 is 1. The van der Waals surface area contributed by atoms with Gasteiger partial charge in [-0.1, -0.05) is 64.1 Å². The van der Waals surface area contributed by atoms with Gasteiger partial charge in [0.05, 0.1) is 12.7 Å². The molecule has 1 aliphatic rings. The first-order chi connectivity index (χ1) is 14.8. The van der Waals surface area contributed by atoms with Gasteiger partial charge >= 0.3 is 5.97 Å². The Morgan fingerprint density at radius 1 is 0.906 bits per heavy atom. The molecule has 2 aromatic rings. The maximum atomic E-state index is 11.6. The van der Waals surface area contributed by atoms with E-state index in [-0.39, 0.29) is 16.8 Å². The molecule has 3 rings (SSSR count). The highest BCUT2D eigenvalue weighted by molar-refractivity contribution is 7.92. The van der Waals surface area contributed by atoms with Crippen molar-refractivity contribution in [1.29, 1.82) is 0 Å². The van der Waals surface area contributed by atoms with E-state index in [1.807, 2.05) is 24.3 Å². The third-order valence-corrected chi connectivity index (χ3v) is 6.80. The first-order valence-corrected chi connectivity index (χ1v) is 12.2. The highest BCUT2D eigenvalue weighted by Crippen LogP contribution is 2.46. The molecule has 0 unspecified atom stereocenters. The van der Waals surface area contributed by atoms with Gasteiger partial charge in [-0.25, -0.2) is 18.4 Å². The molecule has 0 fully saturated rings. The lowest BCUT2D eigenvalue weighted by atomic mass is 9.62. The Kier molecular flexibility index (Phi) is 6.50. The topological polar surface area (TPSA) is 86.5 Å². The van der Waals surface area contributed by atoms with E-state index in [0.717, 1.165) is 34.9 Å². The summed E-state index contributed by atoms with van der Waals surface area (Å²) in [6.45, 7) is 8.96. The molecule has 0 saturated heterocycles. The fraction of sp³-hybridized carbons (Fsp3) is 0.346. The second kappa shape index (κ2) is 8.68. The van der Waals surface area contributed by atoms with Gasteiger partial charge in [-0.15, -0.1) is 0 Å². The zero-order chi connectivity index (χ0) is 23.7. The van der Waals surface area contributed by atoms with Gasteiger partial charge in [-0.2, -0.15) is 0 Å². The predicted octanol–water partition coefficient (Wildman–Crippen LogP) is 5.25. The molecule has 0 amide bonds. The van der Waals surface area contributed by atoms with Crippen LogP contribution in [-0.4, -0.2) is 21.5 Å². The fourth-order valence-corrected chi connectivity index (χ4v) is 4.47. The number of fused-ring (bicyclic) bond motifs is 1. The summed E-state index contributed by atoms with van der Waals surface area (Å²) >= 11 is 0. The average molecular weight is 454 g/mol. The van der Waals surface area contributed by atoms with Gasteiger partial charge in [0, 0.05) is 5.41 Å². The molecule has 0 saturated carbocycles. The van der Waals surface area contributed by atoms with Gasteiger partial charge < -0.3 is 4.74 Å². The quantitative estimate of drug-likeness (QED) is 0.495. The van der Waals surface area contributed by atoms with Crippen molar-refractivity contribution < 1.29 is 17.9 Å². The Hall–Kier alpha value is -2.70. The van der Waals surface area contributed by atoms with Crippen molar-refractivity contribution in [2.45, 2.75) is 51.4 Å². The van der Waals surface area contributed by atoms with E-state index in [2.05, 4.69) is 39.8 Å². The third kappa shape index (κ3) is 5.37. The number of esters is 1. The zero-order valence-electron chi connectivity index (χ0n) is 19.3. The first kappa shape index (κ1) is 24.0. The molecule has 32 heavy (non-hydrogen) atoms. The van der Waals surface area contributed by atoms with Gasteiger partial charge in [0.15, 0.2) is 0 Å². The van der Waals surface area contributed by atoms with E-state index in [1.165, 1.54) is 18.2 Å². The largest absolute Gasteiger partial charge is 0.465 e. The number of sulfonamides is 1. The Bertz CT molecular complexity index is 1190. The second-order valence-electron chi connectivity index (χ2n) is 9.63. The molecule has 0 atom stereocenters. The molecule has 0 aliphatic heterocycles. The van der Waals surface area contributed by atoms with Crippen molar-refractivity contribution in [2.75, 3.05) is 7.11 Å². The van der Waals surface area contributed by atoms with Crippen molar-refractivity contribution in [3.8, 4) is 0 Å². The highest BCUT2D eigenvalue weighted by Gasteiger charge is 2.37. The van der Waals surface area contributed by atoms with Crippen LogP contribution in [0.15, 0.2) is 41.8 Å². The highest BCUT2D eigenvalue weighted by atomic mass is 32.2. The number of ether oxygens (including phenoxy) is 1. The van der Waals surface area contributed by atoms with Crippen LogP contribution in [0.25, 0.3) is 18.2 Å². The van der Waals surface area contributed by atoms with Gasteiger partial charge in [0.1, 0.15) is 0 Å². The molecule has 6 heteroatoms. The normalized spacial score (nSPS) is 17.4. The molecule has 5 nitrogen and oxygen atoms in total. The van der Waals surface area contributed by atoms with Crippen LogP contribution < -0.4 is 5.14 Å². The summed E-state index contributed by atoms with van der Waals surface area (Å²) < 4.78 is 27.9. The lowest BCUT2D eigenvalue weighted by Gasteiger charge is -2.42. The number of primary sulfonamides is 1. The van der Waals surface area contributed by atoms with E-state index in [4.69, 9.17) is 9.88 Å². The standard InChI is InChI=1S/C26H31NO4S/c1-25(2)13-14-26(3,4)23-17-21(12-15-32(27,29)30)20(16-22(23)25)11-8-18-6-9-19(10-7-18)24(28)31-5/h6-12,15-17H,13-14H2,1-5H3,(H2,27,29,30). The number of nitrogens with two attached hydrogens (primary N) is 1. The van der Waals surface area contributed by atoms with Crippen molar-refractivity contribution in [2.24, 2.45) is 5.14 Å². The molecule has 0 spiro atoms. The lowest BCUT2D eigenvalue weighted by molar-refractivity contribution is 0.0600. The lowest BCUT2D eigenvalue weighted by Crippen LogP contribution is -2.34. The summed E-state index contributed by atoms with van der Waals surface area (Å²) in [4.78, 5) is 11.6. The van der Waals surface area contributed by atoms with Crippen LogP contribution in [-0.2, 0) is 25.6 Å². The van der Waals surface area contributed by atoms with Crippen LogP contribution in [0.1, 0.15) is 78.7 Å². The number of benzene rings is 2. The minimum Gasteiger partial charge on any atom is -0.465 e. The van der Waals surface area contributed by atoms with E-state index >= 15 is 0 Å². The smallest absolute Gasteiger partial charge is 0.337 e. The molecule has 2 aromatic carbocycles. The van der Waals surface area contributed by atoms with E-state index in [0.29, 0.717) is 5.56 Å². The van der Waals surface area contributed by atoms with Gasteiger partial charge in [-0.05, 0) is 69.7 Å².